The predicted molar refractivity (Wildman–Crippen MR) is 107 cm³/mol. The van der Waals surface area contributed by atoms with Crippen molar-refractivity contribution < 1.29 is 14.3 Å². The number of nitrogens with one attached hydrogen (secondary N) is 2. The first-order valence-corrected chi connectivity index (χ1v) is 9.52. The zero-order valence-electron chi connectivity index (χ0n) is 16.8. The molecule has 7 heteroatoms. The normalized spacial score (nSPS) is 16.6. The lowest BCUT2D eigenvalue weighted by atomic mass is 9.93. The second kappa shape index (κ2) is 10.6. The van der Waals surface area contributed by atoms with Crippen molar-refractivity contribution in [1.29, 1.82) is 0 Å². The number of methoxy groups -OCH3 is 1. The van der Waals surface area contributed by atoms with Gasteiger partial charge in [-0.25, -0.2) is 0 Å². The zero-order valence-corrected chi connectivity index (χ0v) is 16.8. The molecule has 0 spiro atoms. The molecule has 1 heterocycles. The third-order valence-corrected chi connectivity index (χ3v) is 4.82. The van der Waals surface area contributed by atoms with Gasteiger partial charge in [0.25, 0.3) is 0 Å². The van der Waals surface area contributed by atoms with Gasteiger partial charge in [-0.2, -0.15) is 0 Å². The van der Waals surface area contributed by atoms with Crippen LogP contribution in [-0.2, 0) is 4.79 Å². The molecule has 0 aromatic heterocycles. The maximum Gasteiger partial charge on any atom is 0.220 e. The molecule has 1 aliphatic rings. The Hall–Kier alpha value is -2.44. The molecule has 1 aromatic rings. The van der Waals surface area contributed by atoms with Gasteiger partial charge in [0.1, 0.15) is 17.6 Å². The highest BCUT2D eigenvalue weighted by Gasteiger charge is 2.23. The molecule has 1 atom stereocenters. The number of carbonyl (C=O) groups is 1. The Kier molecular flexibility index (Phi) is 8.23. The molecule has 1 fully saturated rings. The standard InChI is InChI=1S/C20H32N4O3/c1-15(27-18-7-5-17(26-4)6-8-18)14-23-20(22-3)24-11-9-16(10-12-24)13-19(25)21-2/h5-8,15-16H,9-14H2,1-4H3,(H,21,25)(H,22,23). The number of hydrogen-bond donors (Lipinski definition) is 2. The quantitative estimate of drug-likeness (QED) is 0.561. The summed E-state index contributed by atoms with van der Waals surface area (Å²) in [6.07, 6.45) is 2.63. The maximum atomic E-state index is 11.5. The van der Waals surface area contributed by atoms with Crippen molar-refractivity contribution in [2.75, 3.05) is 40.8 Å². The van der Waals surface area contributed by atoms with E-state index in [-0.39, 0.29) is 12.0 Å². The number of likely N-dealkylation sites (tertiary alicyclic amines) is 1. The molecule has 150 valence electrons. The molecule has 1 amide bonds. The molecule has 7 nitrogen and oxygen atoms in total. The van der Waals surface area contributed by atoms with Crippen molar-refractivity contribution in [3.8, 4) is 11.5 Å². The van der Waals surface area contributed by atoms with Crippen molar-refractivity contribution in [3.05, 3.63) is 24.3 Å². The summed E-state index contributed by atoms with van der Waals surface area (Å²) in [4.78, 5) is 18.2. The smallest absolute Gasteiger partial charge is 0.220 e. The molecular formula is C20H32N4O3. The fraction of sp³-hybridized carbons (Fsp3) is 0.600. The fourth-order valence-corrected chi connectivity index (χ4v) is 3.21. The van der Waals surface area contributed by atoms with E-state index in [1.165, 1.54) is 0 Å². The number of guanidine groups is 1. The van der Waals surface area contributed by atoms with E-state index in [0.717, 1.165) is 43.4 Å². The van der Waals surface area contributed by atoms with Crippen molar-refractivity contribution in [1.82, 2.24) is 15.5 Å². The Balaban J connectivity index is 1.75. The summed E-state index contributed by atoms with van der Waals surface area (Å²) in [6, 6.07) is 7.58. The molecule has 1 unspecified atom stereocenters. The van der Waals surface area contributed by atoms with Gasteiger partial charge in [0.15, 0.2) is 5.96 Å². The number of aliphatic imine (C=N–C) groups is 1. The van der Waals surface area contributed by atoms with Crippen molar-refractivity contribution in [2.24, 2.45) is 10.9 Å². The van der Waals surface area contributed by atoms with Crippen molar-refractivity contribution in [2.45, 2.75) is 32.3 Å². The monoisotopic (exact) mass is 376 g/mol. The fourth-order valence-electron chi connectivity index (χ4n) is 3.21. The van der Waals surface area contributed by atoms with Crippen LogP contribution < -0.4 is 20.1 Å². The SMILES string of the molecule is CN=C(NCC(C)Oc1ccc(OC)cc1)N1CCC(CC(=O)NC)CC1. The molecule has 1 aromatic carbocycles. The Morgan fingerprint density at radius 2 is 1.89 bits per heavy atom. The Morgan fingerprint density at radius 1 is 1.26 bits per heavy atom. The molecule has 1 saturated heterocycles. The highest BCUT2D eigenvalue weighted by molar-refractivity contribution is 5.80. The molecule has 0 saturated carbocycles. The lowest BCUT2D eigenvalue weighted by Gasteiger charge is -2.34. The van der Waals surface area contributed by atoms with E-state index in [4.69, 9.17) is 9.47 Å². The number of ether oxygens (including phenoxy) is 2. The molecule has 0 aliphatic carbocycles. The Labute approximate surface area is 162 Å². The third-order valence-electron chi connectivity index (χ3n) is 4.82. The Bertz CT molecular complexity index is 610. The van der Waals surface area contributed by atoms with Gasteiger partial charge in [-0.05, 0) is 49.9 Å². The van der Waals surface area contributed by atoms with E-state index >= 15 is 0 Å². The summed E-state index contributed by atoms with van der Waals surface area (Å²) in [7, 11) is 5.14. The van der Waals surface area contributed by atoms with Crippen LogP contribution in [-0.4, -0.2) is 63.7 Å². The summed E-state index contributed by atoms with van der Waals surface area (Å²) >= 11 is 0. The lowest BCUT2D eigenvalue weighted by molar-refractivity contribution is -0.121. The van der Waals surface area contributed by atoms with Crippen LogP contribution in [0.5, 0.6) is 11.5 Å². The number of nitrogens with zero attached hydrogens (tertiary/aromatic N) is 2. The second-order valence-electron chi connectivity index (χ2n) is 6.84. The van der Waals surface area contributed by atoms with Crippen LogP contribution in [0.2, 0.25) is 0 Å². The first-order valence-electron chi connectivity index (χ1n) is 9.52. The topological polar surface area (TPSA) is 75.2 Å². The lowest BCUT2D eigenvalue weighted by Crippen LogP contribution is -2.48. The summed E-state index contributed by atoms with van der Waals surface area (Å²) in [6.45, 7) is 4.51. The molecule has 0 bridgehead atoms. The molecular weight excluding hydrogens is 344 g/mol. The van der Waals surface area contributed by atoms with Gasteiger partial charge in [-0.1, -0.05) is 0 Å². The number of benzene rings is 1. The van der Waals surface area contributed by atoms with E-state index in [2.05, 4.69) is 20.5 Å². The van der Waals surface area contributed by atoms with Gasteiger partial charge in [0.2, 0.25) is 5.91 Å². The number of amides is 1. The van der Waals surface area contributed by atoms with Gasteiger partial charge >= 0.3 is 0 Å². The van der Waals surface area contributed by atoms with Crippen molar-refractivity contribution in [3.63, 3.8) is 0 Å². The zero-order chi connectivity index (χ0) is 19.6. The average Bonchev–Trinajstić information content (AvgIpc) is 2.70. The summed E-state index contributed by atoms with van der Waals surface area (Å²) < 4.78 is 11.1. The van der Waals surface area contributed by atoms with Crippen LogP contribution in [0.4, 0.5) is 0 Å². The minimum absolute atomic E-state index is 0.000865. The first-order chi connectivity index (χ1) is 13.0. The van der Waals surface area contributed by atoms with E-state index < -0.39 is 0 Å². The molecule has 1 aliphatic heterocycles. The average molecular weight is 377 g/mol. The van der Waals surface area contributed by atoms with E-state index in [1.807, 2.05) is 31.2 Å². The van der Waals surface area contributed by atoms with Gasteiger partial charge in [-0.3, -0.25) is 9.79 Å². The number of carbonyl (C=O) groups excluding carboxylic acids is 1. The predicted octanol–water partition coefficient (Wildman–Crippen LogP) is 1.89. The third kappa shape index (κ3) is 6.66. The van der Waals surface area contributed by atoms with Gasteiger partial charge in [0, 0.05) is 33.6 Å². The minimum atomic E-state index is 0.000865. The van der Waals surface area contributed by atoms with Crippen LogP contribution in [0.25, 0.3) is 0 Å². The minimum Gasteiger partial charge on any atom is -0.497 e. The van der Waals surface area contributed by atoms with Crippen LogP contribution in [0.1, 0.15) is 26.2 Å². The first kappa shape index (κ1) is 20.9. The Morgan fingerprint density at radius 3 is 2.44 bits per heavy atom. The highest BCUT2D eigenvalue weighted by atomic mass is 16.5. The number of piperidine rings is 1. The summed E-state index contributed by atoms with van der Waals surface area (Å²) in [5.74, 6) is 3.10. The van der Waals surface area contributed by atoms with Gasteiger partial charge in [0.05, 0.1) is 13.7 Å². The van der Waals surface area contributed by atoms with Gasteiger partial charge < -0.3 is 25.0 Å². The van der Waals surface area contributed by atoms with E-state index in [1.54, 1.807) is 21.2 Å². The molecule has 2 rings (SSSR count). The maximum absolute atomic E-state index is 11.5. The number of hydrogen-bond acceptors (Lipinski definition) is 4. The summed E-state index contributed by atoms with van der Waals surface area (Å²) in [5.41, 5.74) is 0. The van der Waals surface area contributed by atoms with Crippen LogP contribution in [0.3, 0.4) is 0 Å². The molecule has 2 N–H and O–H groups in total. The van der Waals surface area contributed by atoms with Crippen molar-refractivity contribution >= 4 is 11.9 Å². The van der Waals surface area contributed by atoms with Crippen LogP contribution in [0, 0.1) is 5.92 Å². The molecule has 27 heavy (non-hydrogen) atoms. The highest BCUT2D eigenvalue weighted by Crippen LogP contribution is 2.21. The van der Waals surface area contributed by atoms with E-state index in [9.17, 15) is 4.79 Å². The van der Waals surface area contributed by atoms with Gasteiger partial charge in [-0.15, -0.1) is 0 Å². The second-order valence-corrected chi connectivity index (χ2v) is 6.84. The molecule has 0 radical (unpaired) electrons. The summed E-state index contributed by atoms with van der Waals surface area (Å²) in [5, 5.41) is 6.10. The van der Waals surface area contributed by atoms with E-state index in [0.29, 0.717) is 18.9 Å². The largest absolute Gasteiger partial charge is 0.497 e. The number of rotatable bonds is 7. The van der Waals surface area contributed by atoms with Crippen LogP contribution in [0.15, 0.2) is 29.3 Å². The van der Waals surface area contributed by atoms with Crippen LogP contribution >= 0.6 is 0 Å².